The predicted octanol–water partition coefficient (Wildman–Crippen LogP) is 5.02. The third-order valence-electron chi connectivity index (χ3n) is 4.50. The number of carbonyl (C=O) groups excluding carboxylic acids is 1. The van der Waals surface area contributed by atoms with Crippen LogP contribution in [-0.4, -0.2) is 17.7 Å². The first-order valence-electron chi connectivity index (χ1n) is 9.35. The zero-order valence-corrected chi connectivity index (χ0v) is 16.9. The number of ether oxygens (including phenoxy) is 3. The molecule has 3 aromatic rings. The van der Waals surface area contributed by atoms with Crippen molar-refractivity contribution >= 4 is 17.8 Å². The summed E-state index contributed by atoms with van der Waals surface area (Å²) in [6.07, 6.45) is -7.80. The molecule has 1 aliphatic heterocycles. The Labute approximate surface area is 191 Å². The minimum atomic E-state index is -4.59. The summed E-state index contributed by atoms with van der Waals surface area (Å²) in [5.41, 5.74) is 0.0625. The Morgan fingerprint density at radius 3 is 2.57 bits per heavy atom. The number of carbonyl (C=O) groups is 1. The quantitative estimate of drug-likeness (QED) is 0.291. The molecule has 2 heterocycles. The van der Waals surface area contributed by atoms with Gasteiger partial charge in [0.2, 0.25) is 12.2 Å². The predicted molar refractivity (Wildman–Crippen MR) is 105 cm³/mol. The summed E-state index contributed by atoms with van der Waals surface area (Å²) in [5.74, 6) is -4.45. The second-order valence-electron chi connectivity index (χ2n) is 6.78. The van der Waals surface area contributed by atoms with Crippen LogP contribution in [0.25, 0.3) is 0 Å². The fourth-order valence-electron chi connectivity index (χ4n) is 2.98. The van der Waals surface area contributed by atoms with Crippen molar-refractivity contribution in [3.8, 4) is 23.3 Å². The van der Waals surface area contributed by atoms with E-state index in [-0.39, 0.29) is 23.5 Å². The van der Waals surface area contributed by atoms with E-state index < -0.39 is 46.8 Å². The van der Waals surface area contributed by atoms with Gasteiger partial charge in [-0.1, -0.05) is 0 Å². The Hall–Kier alpha value is -4.51. The number of hydrogen-bond acceptors (Lipinski definition) is 7. The van der Waals surface area contributed by atoms with Gasteiger partial charge in [0.1, 0.15) is 23.3 Å². The van der Waals surface area contributed by atoms with Crippen molar-refractivity contribution in [1.82, 2.24) is 4.98 Å². The number of hydrazine groups is 1. The van der Waals surface area contributed by atoms with Crippen molar-refractivity contribution < 1.29 is 45.3 Å². The van der Waals surface area contributed by atoms with Crippen molar-refractivity contribution in [3.63, 3.8) is 0 Å². The first-order chi connectivity index (χ1) is 16.5. The van der Waals surface area contributed by atoms with E-state index in [1.807, 2.05) is 0 Å². The average molecular weight is 496 g/mol. The SMILES string of the molecule is N#Cc1cc(Oc2ccc(NN(C=O)c3ccc4c(c3)C(F)(F)OC(F)(F)O4)c(F)c2F)ccn1. The Balaban J connectivity index is 1.59. The molecule has 0 fully saturated rings. The van der Waals surface area contributed by atoms with Crippen molar-refractivity contribution in [3.05, 3.63) is 71.6 Å². The molecule has 35 heavy (non-hydrogen) atoms. The largest absolute Gasteiger partial charge is 0.540 e. The molecule has 1 N–H and O–H groups in total. The van der Waals surface area contributed by atoms with Gasteiger partial charge in [-0.2, -0.15) is 18.4 Å². The number of fused-ring (bicyclic) bond motifs is 1. The average Bonchev–Trinajstić information content (AvgIpc) is 2.80. The minimum absolute atomic E-state index is 0.00456. The molecular formula is C21H10F6N4O4. The van der Waals surface area contributed by atoms with Gasteiger partial charge >= 0.3 is 12.4 Å². The van der Waals surface area contributed by atoms with Crippen LogP contribution in [0.2, 0.25) is 0 Å². The highest BCUT2D eigenvalue weighted by atomic mass is 19.3. The second-order valence-corrected chi connectivity index (χ2v) is 6.78. The number of rotatable bonds is 6. The number of amides is 1. The summed E-state index contributed by atoms with van der Waals surface area (Å²) in [6.45, 7) is 0. The van der Waals surface area contributed by atoms with Crippen LogP contribution in [0, 0.1) is 23.0 Å². The Morgan fingerprint density at radius 2 is 1.86 bits per heavy atom. The van der Waals surface area contributed by atoms with Gasteiger partial charge in [-0.3, -0.25) is 10.2 Å². The number of nitriles is 1. The number of anilines is 2. The van der Waals surface area contributed by atoms with Gasteiger partial charge in [0.15, 0.2) is 11.6 Å². The van der Waals surface area contributed by atoms with Crippen molar-refractivity contribution in [2.45, 2.75) is 12.4 Å². The van der Waals surface area contributed by atoms with Crippen LogP contribution in [0.1, 0.15) is 11.3 Å². The van der Waals surface area contributed by atoms with Crippen LogP contribution in [-0.2, 0) is 15.6 Å². The number of alkyl halides is 4. The number of hydrogen-bond donors (Lipinski definition) is 1. The van der Waals surface area contributed by atoms with E-state index in [1.54, 1.807) is 6.07 Å². The van der Waals surface area contributed by atoms with Crippen LogP contribution >= 0.6 is 0 Å². The molecule has 0 atom stereocenters. The number of benzene rings is 2. The molecule has 0 saturated heterocycles. The third kappa shape index (κ3) is 4.75. The molecule has 0 aliphatic carbocycles. The molecule has 0 spiro atoms. The monoisotopic (exact) mass is 496 g/mol. The number of pyridine rings is 1. The number of nitrogens with zero attached hydrogens (tertiary/aromatic N) is 3. The molecule has 2 aromatic carbocycles. The topological polar surface area (TPSA) is 96.7 Å². The fourth-order valence-corrected chi connectivity index (χ4v) is 2.98. The van der Waals surface area contributed by atoms with E-state index in [2.05, 4.69) is 19.9 Å². The molecule has 4 rings (SSSR count). The maximum absolute atomic E-state index is 14.6. The molecule has 180 valence electrons. The fraction of sp³-hybridized carbons (Fsp3) is 0.0952. The lowest BCUT2D eigenvalue weighted by Crippen LogP contribution is -2.41. The molecule has 1 aliphatic rings. The molecule has 14 heteroatoms. The molecule has 0 unspecified atom stereocenters. The maximum atomic E-state index is 14.6. The highest BCUT2D eigenvalue weighted by Crippen LogP contribution is 2.47. The summed E-state index contributed by atoms with van der Waals surface area (Å²) in [4.78, 5) is 15.2. The Kier molecular flexibility index (Phi) is 5.87. The van der Waals surface area contributed by atoms with E-state index in [4.69, 9.17) is 10.00 Å². The second kappa shape index (κ2) is 8.69. The molecule has 0 bridgehead atoms. The van der Waals surface area contributed by atoms with E-state index in [9.17, 15) is 31.1 Å². The summed E-state index contributed by atoms with van der Waals surface area (Å²) >= 11 is 0. The van der Waals surface area contributed by atoms with Crippen molar-refractivity contribution in [2.75, 3.05) is 10.4 Å². The normalized spacial score (nSPS) is 15.2. The molecule has 8 nitrogen and oxygen atoms in total. The van der Waals surface area contributed by atoms with Gasteiger partial charge in [0, 0.05) is 12.3 Å². The molecule has 0 radical (unpaired) electrons. The first kappa shape index (κ1) is 23.6. The standard InChI is InChI=1S/C21H10F6N4O4/c22-18-15(2-4-17(19(18)23)33-13-5-6-29-11(7-13)9-28)30-31(10-32)12-1-3-16-14(8-12)20(24,25)35-21(26,27)34-16/h1-8,10,30H. The smallest absolute Gasteiger partial charge is 0.454 e. The Morgan fingerprint density at radius 1 is 1.09 bits per heavy atom. The zero-order chi connectivity index (χ0) is 25.4. The zero-order valence-electron chi connectivity index (χ0n) is 16.9. The van der Waals surface area contributed by atoms with Gasteiger partial charge in [-0.05, 0) is 36.4 Å². The molecular weight excluding hydrogens is 486 g/mol. The lowest BCUT2D eigenvalue weighted by molar-refractivity contribution is -0.461. The first-order valence-corrected chi connectivity index (χ1v) is 9.35. The highest BCUT2D eigenvalue weighted by molar-refractivity contribution is 5.79. The summed E-state index contributed by atoms with van der Waals surface area (Å²) in [6, 6.07) is 8.49. The lowest BCUT2D eigenvalue weighted by atomic mass is 10.1. The molecule has 1 amide bonds. The van der Waals surface area contributed by atoms with Crippen LogP contribution in [0.4, 0.5) is 37.7 Å². The van der Waals surface area contributed by atoms with Gasteiger partial charge in [-0.15, -0.1) is 8.78 Å². The summed E-state index contributed by atoms with van der Waals surface area (Å²) < 4.78 is 96.1. The lowest BCUT2D eigenvalue weighted by Gasteiger charge is -2.31. The van der Waals surface area contributed by atoms with Gasteiger partial charge in [0.05, 0.1) is 16.9 Å². The number of halogens is 6. The number of nitrogens with one attached hydrogen (secondary N) is 1. The third-order valence-corrected chi connectivity index (χ3v) is 4.50. The van der Waals surface area contributed by atoms with Crippen LogP contribution in [0.15, 0.2) is 48.7 Å². The van der Waals surface area contributed by atoms with Crippen LogP contribution in [0.5, 0.6) is 17.2 Å². The van der Waals surface area contributed by atoms with Gasteiger partial charge < -0.3 is 9.47 Å². The van der Waals surface area contributed by atoms with E-state index in [0.717, 1.165) is 24.3 Å². The summed E-state index contributed by atoms with van der Waals surface area (Å²) in [5, 5.41) is 9.34. The van der Waals surface area contributed by atoms with E-state index in [1.165, 1.54) is 18.3 Å². The van der Waals surface area contributed by atoms with Crippen molar-refractivity contribution in [2.24, 2.45) is 0 Å². The molecule has 1 aromatic heterocycles. The Bertz CT molecular complexity index is 1350. The number of aromatic nitrogens is 1. The van der Waals surface area contributed by atoms with E-state index in [0.29, 0.717) is 11.1 Å². The highest BCUT2D eigenvalue weighted by Gasteiger charge is 2.54. The van der Waals surface area contributed by atoms with Crippen molar-refractivity contribution in [1.29, 1.82) is 5.26 Å². The summed E-state index contributed by atoms with van der Waals surface area (Å²) in [7, 11) is 0. The van der Waals surface area contributed by atoms with Gasteiger partial charge in [-0.25, -0.2) is 19.1 Å². The molecule has 0 saturated carbocycles. The maximum Gasteiger partial charge on any atom is 0.540 e. The van der Waals surface area contributed by atoms with Gasteiger partial charge in [0.25, 0.3) is 0 Å². The van der Waals surface area contributed by atoms with Crippen LogP contribution < -0.4 is 19.9 Å². The van der Waals surface area contributed by atoms with E-state index >= 15 is 0 Å². The van der Waals surface area contributed by atoms with Crippen LogP contribution in [0.3, 0.4) is 0 Å². The minimum Gasteiger partial charge on any atom is -0.454 e.